The zero-order chi connectivity index (χ0) is 22.4. The van der Waals surface area contributed by atoms with Gasteiger partial charge in [-0.1, -0.05) is 0 Å². The van der Waals surface area contributed by atoms with Crippen LogP contribution >= 0.6 is 0 Å². The molecule has 0 aliphatic heterocycles. The van der Waals surface area contributed by atoms with Crippen molar-refractivity contribution in [2.45, 2.75) is 37.8 Å². The summed E-state index contributed by atoms with van der Waals surface area (Å²) in [5.74, 6) is -4.23. The van der Waals surface area contributed by atoms with Gasteiger partial charge in [-0.25, -0.2) is 0 Å². The third-order valence-electron chi connectivity index (χ3n) is 3.50. The molecule has 0 saturated carbocycles. The average Bonchev–Trinajstić information content (AvgIpc) is 2.64. The van der Waals surface area contributed by atoms with Gasteiger partial charge in [-0.3, -0.25) is 29.0 Å². The van der Waals surface area contributed by atoms with Gasteiger partial charge in [0.05, 0.1) is 13.1 Å². The number of nitrogens with two attached hydrogens (primary N) is 4. The second kappa shape index (κ2) is 13.7. The van der Waals surface area contributed by atoms with Crippen molar-refractivity contribution in [3.8, 4) is 0 Å². The van der Waals surface area contributed by atoms with Crippen molar-refractivity contribution in [3.05, 3.63) is 0 Å². The van der Waals surface area contributed by atoms with E-state index in [-0.39, 0.29) is 25.3 Å². The molecule has 29 heavy (non-hydrogen) atoms. The first-order valence-electron chi connectivity index (χ1n) is 8.69. The van der Waals surface area contributed by atoms with Crippen LogP contribution in [0.2, 0.25) is 0 Å². The van der Waals surface area contributed by atoms with Crippen LogP contribution in [-0.2, 0) is 24.0 Å². The molecule has 0 heterocycles. The van der Waals surface area contributed by atoms with Crippen LogP contribution in [0.15, 0.2) is 4.99 Å². The van der Waals surface area contributed by atoms with Crippen molar-refractivity contribution in [1.29, 1.82) is 0 Å². The number of amides is 4. The van der Waals surface area contributed by atoms with E-state index in [1.807, 2.05) is 0 Å². The van der Waals surface area contributed by atoms with Crippen LogP contribution in [0.1, 0.15) is 25.7 Å². The summed E-state index contributed by atoms with van der Waals surface area (Å²) in [6, 6.07) is -2.32. The number of hydrogen-bond donors (Lipinski definition) is 8. The molecule has 0 rings (SSSR count). The fourth-order valence-corrected chi connectivity index (χ4v) is 2.13. The molecule has 14 heteroatoms. The van der Waals surface area contributed by atoms with E-state index >= 15 is 0 Å². The highest BCUT2D eigenvalue weighted by molar-refractivity contribution is 5.93. The van der Waals surface area contributed by atoms with Crippen LogP contribution in [-0.4, -0.2) is 72.4 Å². The standard InChI is InChI=1S/C15H28N8O6/c16-6-11(25)22-9(3-4-12(26)27)14(29)23-8(2-1-5-20-15(18)19)13(28)21-7-10(17)24/h8-9H,1-7,16H2,(H2,17,24)(H,21,28)(H,22,25)(H,23,29)(H,26,27)(H4,18,19,20)/t8-,9-/m0/s1. The Kier molecular flexibility index (Phi) is 12.1. The number of carbonyl (C=O) groups excluding carboxylic acids is 4. The van der Waals surface area contributed by atoms with Gasteiger partial charge in [0.25, 0.3) is 0 Å². The molecule has 0 aromatic heterocycles. The predicted molar refractivity (Wildman–Crippen MR) is 102 cm³/mol. The third kappa shape index (κ3) is 12.6. The molecule has 0 fully saturated rings. The van der Waals surface area contributed by atoms with Gasteiger partial charge in [-0.05, 0) is 19.3 Å². The number of rotatable bonds is 14. The monoisotopic (exact) mass is 416 g/mol. The molecule has 164 valence electrons. The highest BCUT2D eigenvalue weighted by Crippen LogP contribution is 2.03. The Hall–Kier alpha value is -3.42. The molecule has 2 atom stereocenters. The number of carboxylic acids is 1. The van der Waals surface area contributed by atoms with Crippen molar-refractivity contribution in [3.63, 3.8) is 0 Å². The predicted octanol–water partition coefficient (Wildman–Crippen LogP) is -4.57. The maximum Gasteiger partial charge on any atom is 0.303 e. The molecular weight excluding hydrogens is 388 g/mol. The number of primary amides is 1. The molecule has 0 aliphatic rings. The van der Waals surface area contributed by atoms with Crippen molar-refractivity contribution in [1.82, 2.24) is 16.0 Å². The van der Waals surface area contributed by atoms with E-state index in [1.54, 1.807) is 0 Å². The second-order valence-corrected chi connectivity index (χ2v) is 5.95. The highest BCUT2D eigenvalue weighted by Gasteiger charge is 2.27. The number of guanidine groups is 1. The summed E-state index contributed by atoms with van der Waals surface area (Å²) < 4.78 is 0. The minimum absolute atomic E-state index is 0.101. The lowest BCUT2D eigenvalue weighted by Crippen LogP contribution is -2.55. The van der Waals surface area contributed by atoms with E-state index in [0.717, 1.165) is 0 Å². The summed E-state index contributed by atoms with van der Waals surface area (Å²) in [5.41, 5.74) is 20.6. The summed E-state index contributed by atoms with van der Waals surface area (Å²) in [4.78, 5) is 61.7. The van der Waals surface area contributed by atoms with Gasteiger partial charge in [0.1, 0.15) is 12.1 Å². The molecule has 14 nitrogen and oxygen atoms in total. The van der Waals surface area contributed by atoms with Gasteiger partial charge in [0.2, 0.25) is 23.6 Å². The van der Waals surface area contributed by atoms with E-state index in [9.17, 15) is 24.0 Å². The van der Waals surface area contributed by atoms with Gasteiger partial charge in [0, 0.05) is 13.0 Å². The Morgan fingerprint density at radius 1 is 0.931 bits per heavy atom. The average molecular weight is 416 g/mol. The molecule has 0 aromatic carbocycles. The Balaban J connectivity index is 5.16. The van der Waals surface area contributed by atoms with E-state index in [1.165, 1.54) is 0 Å². The first-order valence-corrected chi connectivity index (χ1v) is 8.69. The molecule has 0 aliphatic carbocycles. The number of nitrogens with zero attached hydrogens (tertiary/aromatic N) is 1. The lowest BCUT2D eigenvalue weighted by atomic mass is 10.1. The smallest absolute Gasteiger partial charge is 0.303 e. The molecule has 0 bridgehead atoms. The van der Waals surface area contributed by atoms with Crippen LogP contribution in [0.4, 0.5) is 0 Å². The van der Waals surface area contributed by atoms with E-state index < -0.39 is 61.2 Å². The lowest BCUT2D eigenvalue weighted by Gasteiger charge is -2.22. The fourth-order valence-electron chi connectivity index (χ4n) is 2.13. The van der Waals surface area contributed by atoms with E-state index in [0.29, 0.717) is 6.42 Å². The maximum absolute atomic E-state index is 12.5. The van der Waals surface area contributed by atoms with Crippen LogP contribution in [0, 0.1) is 0 Å². The van der Waals surface area contributed by atoms with Gasteiger partial charge in [-0.15, -0.1) is 0 Å². The van der Waals surface area contributed by atoms with Crippen molar-refractivity contribution >= 4 is 35.6 Å². The number of aliphatic imine (C=N–C) groups is 1. The summed E-state index contributed by atoms with van der Waals surface area (Å²) in [6.07, 6.45) is -0.201. The molecule has 0 unspecified atom stereocenters. The van der Waals surface area contributed by atoms with Gasteiger partial charge in [0.15, 0.2) is 5.96 Å². The van der Waals surface area contributed by atoms with Crippen molar-refractivity contribution < 1.29 is 29.1 Å². The number of carbonyl (C=O) groups is 5. The molecule has 0 radical (unpaired) electrons. The Morgan fingerprint density at radius 3 is 2.07 bits per heavy atom. The zero-order valence-corrected chi connectivity index (χ0v) is 15.8. The Bertz CT molecular complexity index is 634. The molecule has 12 N–H and O–H groups in total. The summed E-state index contributed by atoms with van der Waals surface area (Å²) in [7, 11) is 0. The molecule has 0 spiro atoms. The molecular formula is C15H28N8O6. The van der Waals surface area contributed by atoms with Crippen LogP contribution in [0.25, 0.3) is 0 Å². The maximum atomic E-state index is 12.5. The fraction of sp³-hybridized carbons (Fsp3) is 0.600. The number of hydrogen-bond acceptors (Lipinski definition) is 7. The summed E-state index contributed by atoms with van der Waals surface area (Å²) >= 11 is 0. The summed E-state index contributed by atoms with van der Waals surface area (Å²) in [6.45, 7) is -0.659. The first-order chi connectivity index (χ1) is 13.6. The van der Waals surface area contributed by atoms with E-state index in [2.05, 4.69) is 20.9 Å². The quantitative estimate of drug-likeness (QED) is 0.0768. The Labute approximate surface area is 166 Å². The van der Waals surface area contributed by atoms with Crippen LogP contribution in [0.3, 0.4) is 0 Å². The molecule has 0 aromatic rings. The number of nitrogens with one attached hydrogen (secondary N) is 3. The SMILES string of the molecule is NCC(=O)N[C@@H](CCC(=O)O)C(=O)N[C@@H](CCCN=C(N)N)C(=O)NCC(N)=O. The molecule has 4 amide bonds. The lowest BCUT2D eigenvalue weighted by molar-refractivity contribution is -0.138. The Morgan fingerprint density at radius 2 is 1.55 bits per heavy atom. The largest absolute Gasteiger partial charge is 0.481 e. The summed E-state index contributed by atoms with van der Waals surface area (Å²) in [5, 5.41) is 15.8. The van der Waals surface area contributed by atoms with Crippen LogP contribution in [0.5, 0.6) is 0 Å². The topological polar surface area (TPSA) is 258 Å². The van der Waals surface area contributed by atoms with Gasteiger partial charge < -0.3 is 44.0 Å². The first kappa shape index (κ1) is 25.6. The minimum atomic E-state index is -1.22. The van der Waals surface area contributed by atoms with Gasteiger partial charge >= 0.3 is 5.97 Å². The van der Waals surface area contributed by atoms with Gasteiger partial charge in [-0.2, -0.15) is 0 Å². The van der Waals surface area contributed by atoms with Crippen molar-refractivity contribution in [2.24, 2.45) is 27.9 Å². The molecule has 0 saturated heterocycles. The van der Waals surface area contributed by atoms with E-state index in [4.69, 9.17) is 28.0 Å². The number of aliphatic carboxylic acids is 1. The highest BCUT2D eigenvalue weighted by atomic mass is 16.4. The number of carboxylic acid groups (broad SMARTS) is 1. The zero-order valence-electron chi connectivity index (χ0n) is 15.8. The minimum Gasteiger partial charge on any atom is -0.481 e. The normalized spacial score (nSPS) is 12.2. The second-order valence-electron chi connectivity index (χ2n) is 5.95. The van der Waals surface area contributed by atoms with Crippen LogP contribution < -0.4 is 38.9 Å². The third-order valence-corrected chi connectivity index (χ3v) is 3.50. The van der Waals surface area contributed by atoms with Crippen molar-refractivity contribution in [2.75, 3.05) is 19.6 Å².